The Labute approximate surface area is 127 Å². The quantitative estimate of drug-likeness (QED) is 0.846. The molecule has 2 rings (SSSR count). The van der Waals surface area contributed by atoms with Gasteiger partial charge in [0.2, 0.25) is 0 Å². The molecule has 0 fully saturated rings. The number of benzene rings is 2. The van der Waals surface area contributed by atoms with Gasteiger partial charge in [-0.3, -0.25) is 0 Å². The van der Waals surface area contributed by atoms with Gasteiger partial charge in [0.1, 0.15) is 11.6 Å². The van der Waals surface area contributed by atoms with Gasteiger partial charge in [0, 0.05) is 24.7 Å². The fourth-order valence-corrected chi connectivity index (χ4v) is 1.79. The van der Waals surface area contributed by atoms with E-state index >= 15 is 0 Å². The first kappa shape index (κ1) is 18.1. The van der Waals surface area contributed by atoms with Crippen molar-refractivity contribution >= 4 is 0 Å². The summed E-state index contributed by atoms with van der Waals surface area (Å²) >= 11 is 0. The molecule has 2 N–H and O–H groups in total. The number of rotatable bonds is 4. The molecule has 2 aromatic carbocycles. The Morgan fingerprint density at radius 3 is 1.95 bits per heavy atom. The van der Waals surface area contributed by atoms with Crippen molar-refractivity contribution in [3.63, 3.8) is 0 Å². The molecule has 0 amide bonds. The van der Waals surface area contributed by atoms with Crippen LogP contribution in [0.25, 0.3) is 0 Å². The Bertz CT molecular complexity index is 582. The fraction of sp³-hybridized carbons (Fsp3) is 0.250. The molecule has 0 unspecified atom stereocenters. The molecule has 0 spiro atoms. The van der Waals surface area contributed by atoms with Gasteiger partial charge in [-0.1, -0.05) is 12.1 Å². The normalized spacial score (nSPS) is 10.1. The van der Waals surface area contributed by atoms with Crippen LogP contribution in [0.4, 0.5) is 17.6 Å². The highest BCUT2D eigenvalue weighted by atomic mass is 19.2. The van der Waals surface area contributed by atoms with Gasteiger partial charge in [0.05, 0.1) is 0 Å². The molecule has 0 aromatic heterocycles. The summed E-state index contributed by atoms with van der Waals surface area (Å²) in [4.78, 5) is 0. The van der Waals surface area contributed by atoms with Crippen LogP contribution < -0.4 is 10.6 Å². The average Bonchev–Trinajstić information content (AvgIpc) is 2.44. The molecule has 0 bridgehead atoms. The van der Waals surface area contributed by atoms with Gasteiger partial charge in [-0.2, -0.15) is 0 Å². The lowest BCUT2D eigenvalue weighted by atomic mass is 10.2. The zero-order valence-corrected chi connectivity index (χ0v) is 12.4. The Kier molecular flexibility index (Phi) is 7.56. The third-order valence-corrected chi connectivity index (χ3v) is 2.70. The number of halogens is 4. The Hall–Kier alpha value is -1.92. The molecule has 0 heterocycles. The zero-order valence-electron chi connectivity index (χ0n) is 12.4. The van der Waals surface area contributed by atoms with Crippen LogP contribution in [0.1, 0.15) is 11.1 Å². The SMILES string of the molecule is CNCc1cc(F)cc(F)c1.CNCc1cccc(F)c1F. The molecule has 2 aromatic rings. The summed E-state index contributed by atoms with van der Waals surface area (Å²) in [6, 6.07) is 7.62. The first-order valence-corrected chi connectivity index (χ1v) is 6.65. The van der Waals surface area contributed by atoms with Crippen LogP contribution in [0.5, 0.6) is 0 Å². The number of hydrogen-bond acceptors (Lipinski definition) is 2. The predicted octanol–water partition coefficient (Wildman–Crippen LogP) is 3.37. The van der Waals surface area contributed by atoms with E-state index in [4.69, 9.17) is 0 Å². The van der Waals surface area contributed by atoms with E-state index in [1.54, 1.807) is 20.2 Å². The summed E-state index contributed by atoms with van der Waals surface area (Å²) in [7, 11) is 3.41. The molecule has 22 heavy (non-hydrogen) atoms. The summed E-state index contributed by atoms with van der Waals surface area (Å²) in [6.07, 6.45) is 0. The van der Waals surface area contributed by atoms with Gasteiger partial charge < -0.3 is 10.6 Å². The topological polar surface area (TPSA) is 24.1 Å². The molecule has 0 aliphatic rings. The lowest BCUT2D eigenvalue weighted by Gasteiger charge is -2.01. The maximum absolute atomic E-state index is 12.8. The van der Waals surface area contributed by atoms with Gasteiger partial charge in [0.25, 0.3) is 0 Å². The molecular formula is C16H18F4N2. The van der Waals surface area contributed by atoms with Crippen molar-refractivity contribution in [1.82, 2.24) is 10.6 Å². The van der Waals surface area contributed by atoms with Crippen LogP contribution in [0.15, 0.2) is 36.4 Å². The molecule has 2 nitrogen and oxygen atoms in total. The summed E-state index contributed by atoms with van der Waals surface area (Å²) in [6.45, 7) is 0.832. The van der Waals surface area contributed by atoms with E-state index in [1.165, 1.54) is 18.2 Å². The van der Waals surface area contributed by atoms with Crippen LogP contribution in [-0.2, 0) is 13.1 Å². The molecule has 0 saturated carbocycles. The average molecular weight is 314 g/mol. The van der Waals surface area contributed by atoms with E-state index in [0.717, 1.165) is 12.1 Å². The van der Waals surface area contributed by atoms with Gasteiger partial charge in [0.15, 0.2) is 11.6 Å². The molecule has 6 heteroatoms. The second kappa shape index (κ2) is 9.17. The van der Waals surface area contributed by atoms with Crippen molar-refractivity contribution in [3.8, 4) is 0 Å². The highest BCUT2D eigenvalue weighted by Crippen LogP contribution is 2.10. The first-order valence-electron chi connectivity index (χ1n) is 6.65. The van der Waals surface area contributed by atoms with Crippen LogP contribution in [-0.4, -0.2) is 14.1 Å². The second-order valence-corrected chi connectivity index (χ2v) is 4.55. The van der Waals surface area contributed by atoms with Crippen LogP contribution in [0, 0.1) is 23.3 Å². The van der Waals surface area contributed by atoms with Crippen LogP contribution in [0.2, 0.25) is 0 Å². The van der Waals surface area contributed by atoms with Crippen molar-refractivity contribution in [2.75, 3.05) is 14.1 Å². The van der Waals surface area contributed by atoms with Crippen LogP contribution >= 0.6 is 0 Å². The highest BCUT2D eigenvalue weighted by Gasteiger charge is 2.05. The Balaban J connectivity index is 0.000000220. The molecule has 0 aliphatic carbocycles. The maximum atomic E-state index is 12.8. The van der Waals surface area contributed by atoms with Crippen molar-refractivity contribution < 1.29 is 17.6 Å². The molecule has 0 atom stereocenters. The smallest absolute Gasteiger partial charge is 0.163 e. The number of hydrogen-bond donors (Lipinski definition) is 2. The summed E-state index contributed by atoms with van der Waals surface area (Å²) in [5, 5.41) is 5.55. The Morgan fingerprint density at radius 1 is 0.818 bits per heavy atom. The van der Waals surface area contributed by atoms with Crippen molar-refractivity contribution in [2.45, 2.75) is 13.1 Å². The van der Waals surface area contributed by atoms with Crippen molar-refractivity contribution in [3.05, 3.63) is 70.8 Å². The second-order valence-electron chi connectivity index (χ2n) is 4.55. The molecule has 0 aliphatic heterocycles. The minimum Gasteiger partial charge on any atom is -0.316 e. The van der Waals surface area contributed by atoms with E-state index in [0.29, 0.717) is 24.2 Å². The zero-order chi connectivity index (χ0) is 16.5. The first-order chi connectivity index (χ1) is 10.5. The summed E-state index contributed by atoms with van der Waals surface area (Å²) < 4.78 is 50.2. The lowest BCUT2D eigenvalue weighted by molar-refractivity contribution is 0.496. The molecule has 0 saturated heterocycles. The van der Waals surface area contributed by atoms with Crippen LogP contribution in [0.3, 0.4) is 0 Å². The minimum absolute atomic E-state index is 0.351. The summed E-state index contributed by atoms with van der Waals surface area (Å²) in [5.74, 6) is -2.62. The van der Waals surface area contributed by atoms with Crippen molar-refractivity contribution in [1.29, 1.82) is 0 Å². The molecule has 0 radical (unpaired) electrons. The van der Waals surface area contributed by atoms with Crippen molar-refractivity contribution in [2.24, 2.45) is 0 Å². The lowest BCUT2D eigenvalue weighted by Crippen LogP contribution is -2.07. The van der Waals surface area contributed by atoms with E-state index in [1.807, 2.05) is 0 Å². The maximum Gasteiger partial charge on any atom is 0.163 e. The predicted molar refractivity (Wildman–Crippen MR) is 78.2 cm³/mol. The van der Waals surface area contributed by atoms with Gasteiger partial charge in [-0.25, -0.2) is 17.6 Å². The highest BCUT2D eigenvalue weighted by molar-refractivity contribution is 5.18. The third-order valence-electron chi connectivity index (χ3n) is 2.70. The van der Waals surface area contributed by atoms with E-state index < -0.39 is 23.3 Å². The molecule has 120 valence electrons. The van der Waals surface area contributed by atoms with Gasteiger partial charge in [-0.05, 0) is 37.9 Å². The number of nitrogens with one attached hydrogen (secondary N) is 2. The fourth-order valence-electron chi connectivity index (χ4n) is 1.79. The summed E-state index contributed by atoms with van der Waals surface area (Å²) in [5.41, 5.74) is 0.970. The van der Waals surface area contributed by atoms with E-state index in [9.17, 15) is 17.6 Å². The molecular weight excluding hydrogens is 296 g/mol. The monoisotopic (exact) mass is 314 g/mol. The van der Waals surface area contributed by atoms with Gasteiger partial charge in [-0.15, -0.1) is 0 Å². The standard InChI is InChI=1S/2C8H9F2N/c1-11-5-6-2-7(9)4-8(10)3-6;1-11-5-6-3-2-4-7(9)8(6)10/h2*2-4,11H,5H2,1H3. The Morgan fingerprint density at radius 2 is 1.41 bits per heavy atom. The minimum atomic E-state index is -0.794. The van der Waals surface area contributed by atoms with E-state index in [-0.39, 0.29) is 0 Å². The van der Waals surface area contributed by atoms with E-state index in [2.05, 4.69) is 10.6 Å². The largest absolute Gasteiger partial charge is 0.316 e. The van der Waals surface area contributed by atoms with Gasteiger partial charge >= 0.3 is 0 Å². The third kappa shape index (κ3) is 5.83.